The summed E-state index contributed by atoms with van der Waals surface area (Å²) in [6.45, 7) is 9.43. The molecular formula is C18H22ClN. The Morgan fingerprint density at radius 3 is 2.30 bits per heavy atom. The highest BCUT2D eigenvalue weighted by Crippen LogP contribution is 2.29. The van der Waals surface area contributed by atoms with E-state index in [9.17, 15) is 0 Å². The summed E-state index contributed by atoms with van der Waals surface area (Å²) in [7, 11) is 0. The maximum atomic E-state index is 6.28. The first-order valence-corrected chi connectivity index (χ1v) is 7.47. The number of benzene rings is 2. The third kappa shape index (κ3) is 3.23. The number of rotatable bonds is 4. The Labute approximate surface area is 127 Å². The van der Waals surface area contributed by atoms with Crippen molar-refractivity contribution in [1.82, 2.24) is 5.32 Å². The quantitative estimate of drug-likeness (QED) is 0.838. The highest BCUT2D eigenvalue weighted by Gasteiger charge is 2.16. The molecular weight excluding hydrogens is 266 g/mol. The van der Waals surface area contributed by atoms with E-state index in [1.54, 1.807) is 0 Å². The van der Waals surface area contributed by atoms with Crippen molar-refractivity contribution in [3.8, 4) is 0 Å². The van der Waals surface area contributed by atoms with Crippen LogP contribution in [0.25, 0.3) is 0 Å². The summed E-state index contributed by atoms with van der Waals surface area (Å²) in [4.78, 5) is 0. The molecule has 0 fully saturated rings. The lowest BCUT2D eigenvalue weighted by molar-refractivity contribution is 0.627. The zero-order valence-electron chi connectivity index (χ0n) is 12.6. The van der Waals surface area contributed by atoms with Gasteiger partial charge in [-0.15, -0.1) is 0 Å². The van der Waals surface area contributed by atoms with Crippen LogP contribution in [0.3, 0.4) is 0 Å². The molecule has 2 rings (SSSR count). The van der Waals surface area contributed by atoms with Gasteiger partial charge in [-0.1, -0.05) is 60.0 Å². The molecule has 2 heteroatoms. The van der Waals surface area contributed by atoms with Gasteiger partial charge in [0.2, 0.25) is 0 Å². The summed E-state index contributed by atoms with van der Waals surface area (Å²) in [6.07, 6.45) is 0. The van der Waals surface area contributed by atoms with Crippen molar-refractivity contribution in [2.75, 3.05) is 6.54 Å². The average Bonchev–Trinajstić information content (AvgIpc) is 2.38. The lowest BCUT2D eigenvalue weighted by atomic mass is 9.93. The largest absolute Gasteiger partial charge is 0.307 e. The molecule has 0 aliphatic carbocycles. The highest BCUT2D eigenvalue weighted by atomic mass is 35.5. The van der Waals surface area contributed by atoms with Crippen molar-refractivity contribution in [1.29, 1.82) is 0 Å². The van der Waals surface area contributed by atoms with Crippen LogP contribution >= 0.6 is 11.6 Å². The molecule has 20 heavy (non-hydrogen) atoms. The number of nitrogens with one attached hydrogen (secondary N) is 1. The minimum Gasteiger partial charge on any atom is -0.307 e. The van der Waals surface area contributed by atoms with Crippen LogP contribution in [0.2, 0.25) is 5.02 Å². The summed E-state index contributed by atoms with van der Waals surface area (Å²) < 4.78 is 0. The monoisotopic (exact) mass is 287 g/mol. The number of halogens is 1. The fourth-order valence-electron chi connectivity index (χ4n) is 2.72. The topological polar surface area (TPSA) is 12.0 Å². The van der Waals surface area contributed by atoms with Crippen LogP contribution in [-0.2, 0) is 0 Å². The van der Waals surface area contributed by atoms with E-state index >= 15 is 0 Å². The second-order valence-corrected chi connectivity index (χ2v) is 5.77. The molecule has 0 bridgehead atoms. The molecule has 0 heterocycles. The summed E-state index contributed by atoms with van der Waals surface area (Å²) in [5.41, 5.74) is 6.29. The van der Waals surface area contributed by atoms with Gasteiger partial charge in [0.25, 0.3) is 0 Å². The number of hydrogen-bond donors (Lipinski definition) is 1. The van der Waals surface area contributed by atoms with Gasteiger partial charge in [0.15, 0.2) is 0 Å². The third-order valence-corrected chi connectivity index (χ3v) is 4.02. The SMILES string of the molecule is CCNC(c1cc(C)cc(C)c1)c1cccc(Cl)c1C. The van der Waals surface area contributed by atoms with E-state index in [1.807, 2.05) is 12.1 Å². The smallest absolute Gasteiger partial charge is 0.0579 e. The van der Waals surface area contributed by atoms with E-state index in [0.717, 1.165) is 17.1 Å². The van der Waals surface area contributed by atoms with Gasteiger partial charge in [0, 0.05) is 5.02 Å². The molecule has 0 radical (unpaired) electrons. The molecule has 0 aliphatic heterocycles. The molecule has 2 aromatic rings. The van der Waals surface area contributed by atoms with E-state index in [-0.39, 0.29) is 6.04 Å². The molecule has 1 atom stereocenters. The van der Waals surface area contributed by atoms with Crippen LogP contribution in [-0.4, -0.2) is 6.54 Å². The van der Waals surface area contributed by atoms with Gasteiger partial charge in [0.1, 0.15) is 0 Å². The summed E-state index contributed by atoms with van der Waals surface area (Å²) in [6, 6.07) is 13.0. The van der Waals surface area contributed by atoms with Gasteiger partial charge in [-0.25, -0.2) is 0 Å². The predicted molar refractivity (Wildman–Crippen MR) is 87.6 cm³/mol. The van der Waals surface area contributed by atoms with Gasteiger partial charge in [-0.3, -0.25) is 0 Å². The third-order valence-electron chi connectivity index (χ3n) is 3.61. The Bertz CT molecular complexity index is 584. The molecule has 106 valence electrons. The van der Waals surface area contributed by atoms with Gasteiger partial charge in [0.05, 0.1) is 6.04 Å². The first-order chi connectivity index (χ1) is 9.52. The predicted octanol–water partition coefficient (Wildman–Crippen LogP) is 4.96. The van der Waals surface area contributed by atoms with E-state index < -0.39 is 0 Å². The summed E-state index contributed by atoms with van der Waals surface area (Å²) >= 11 is 6.28. The van der Waals surface area contributed by atoms with Crippen LogP contribution < -0.4 is 5.32 Å². The van der Waals surface area contributed by atoms with Crippen LogP contribution in [0.1, 0.15) is 40.8 Å². The van der Waals surface area contributed by atoms with Crippen molar-refractivity contribution in [2.45, 2.75) is 33.7 Å². The first kappa shape index (κ1) is 15.1. The van der Waals surface area contributed by atoms with E-state index in [1.165, 1.54) is 22.3 Å². The molecule has 1 unspecified atom stereocenters. The minimum absolute atomic E-state index is 0.192. The van der Waals surface area contributed by atoms with Gasteiger partial charge < -0.3 is 5.32 Å². The average molecular weight is 288 g/mol. The minimum atomic E-state index is 0.192. The fraction of sp³-hybridized carbons (Fsp3) is 0.333. The van der Waals surface area contributed by atoms with Crippen molar-refractivity contribution >= 4 is 11.6 Å². The molecule has 1 N–H and O–H groups in total. The van der Waals surface area contributed by atoms with Crippen molar-refractivity contribution in [3.63, 3.8) is 0 Å². The Balaban J connectivity index is 2.53. The zero-order valence-corrected chi connectivity index (χ0v) is 13.4. The van der Waals surface area contributed by atoms with Crippen molar-refractivity contribution in [2.24, 2.45) is 0 Å². The van der Waals surface area contributed by atoms with E-state index in [0.29, 0.717) is 0 Å². The van der Waals surface area contributed by atoms with Crippen LogP contribution in [0.5, 0.6) is 0 Å². The van der Waals surface area contributed by atoms with Gasteiger partial charge in [-0.05, 0) is 50.1 Å². The Morgan fingerprint density at radius 2 is 1.70 bits per heavy atom. The van der Waals surface area contributed by atoms with Crippen molar-refractivity contribution < 1.29 is 0 Å². The highest BCUT2D eigenvalue weighted by molar-refractivity contribution is 6.31. The van der Waals surface area contributed by atoms with E-state index in [2.05, 4.69) is 57.3 Å². The molecule has 2 aromatic carbocycles. The second kappa shape index (κ2) is 6.43. The summed E-state index contributed by atoms with van der Waals surface area (Å²) in [5, 5.41) is 4.41. The molecule has 0 aromatic heterocycles. The van der Waals surface area contributed by atoms with Crippen LogP contribution in [0.15, 0.2) is 36.4 Å². The number of hydrogen-bond acceptors (Lipinski definition) is 1. The fourth-order valence-corrected chi connectivity index (χ4v) is 2.91. The first-order valence-electron chi connectivity index (χ1n) is 7.09. The lowest BCUT2D eigenvalue weighted by Gasteiger charge is -2.22. The molecule has 1 nitrogen and oxygen atoms in total. The molecule has 0 amide bonds. The zero-order chi connectivity index (χ0) is 14.7. The lowest BCUT2D eigenvalue weighted by Crippen LogP contribution is -2.23. The summed E-state index contributed by atoms with van der Waals surface area (Å²) in [5.74, 6) is 0. The van der Waals surface area contributed by atoms with Gasteiger partial charge in [-0.2, -0.15) is 0 Å². The molecule has 0 saturated carbocycles. The van der Waals surface area contributed by atoms with Crippen molar-refractivity contribution in [3.05, 3.63) is 69.2 Å². The molecule has 0 spiro atoms. The maximum Gasteiger partial charge on any atom is 0.0579 e. The normalized spacial score (nSPS) is 12.4. The van der Waals surface area contributed by atoms with Crippen LogP contribution in [0, 0.1) is 20.8 Å². The molecule has 0 aliphatic rings. The molecule has 0 saturated heterocycles. The Kier molecular flexibility index (Phi) is 4.85. The van der Waals surface area contributed by atoms with Gasteiger partial charge >= 0.3 is 0 Å². The Morgan fingerprint density at radius 1 is 1.05 bits per heavy atom. The second-order valence-electron chi connectivity index (χ2n) is 5.37. The number of aryl methyl sites for hydroxylation is 2. The van der Waals surface area contributed by atoms with E-state index in [4.69, 9.17) is 11.6 Å². The van der Waals surface area contributed by atoms with Crippen LogP contribution in [0.4, 0.5) is 0 Å². The standard InChI is InChI=1S/C18H22ClN/c1-5-20-18(15-10-12(2)9-13(3)11-15)16-7-6-8-17(19)14(16)4/h6-11,18,20H,5H2,1-4H3. The Hall–Kier alpha value is -1.31. The maximum absolute atomic E-state index is 6.28.